The average Bonchev–Trinajstić information content (AvgIpc) is 2.72. The number of hydrogen-bond donors (Lipinski definition) is 0. The van der Waals surface area contributed by atoms with Gasteiger partial charge >= 0.3 is 0 Å². The van der Waals surface area contributed by atoms with Crippen molar-refractivity contribution >= 4 is 11.3 Å². The van der Waals surface area contributed by atoms with Crippen molar-refractivity contribution in [2.45, 2.75) is 26.8 Å². The maximum atomic E-state index is 10.2. The Morgan fingerprint density at radius 2 is 2.00 bits per heavy atom. The molecular formula is C13H14N2OS. The van der Waals surface area contributed by atoms with Crippen LogP contribution in [-0.4, -0.2) is 4.98 Å². The molecule has 0 N–H and O–H groups in total. The van der Waals surface area contributed by atoms with E-state index in [2.05, 4.69) is 42.2 Å². The highest BCUT2D eigenvalue weighted by Gasteiger charge is 2.07. The molecule has 2 aromatic rings. The zero-order chi connectivity index (χ0) is 12.3. The van der Waals surface area contributed by atoms with Crippen LogP contribution in [0.3, 0.4) is 0 Å². The number of aryl methyl sites for hydroxylation is 2. The van der Waals surface area contributed by atoms with Crippen LogP contribution in [0.25, 0.3) is 0 Å². The third-order valence-electron chi connectivity index (χ3n) is 2.80. The van der Waals surface area contributed by atoms with Crippen molar-refractivity contribution in [2.75, 3.05) is 0 Å². The molecule has 17 heavy (non-hydrogen) atoms. The first-order valence-corrected chi connectivity index (χ1v) is 6.36. The monoisotopic (exact) mass is 246 g/mol. The second-order valence-electron chi connectivity index (χ2n) is 4.07. The minimum absolute atomic E-state index is 0.178. The topological polar surface area (TPSA) is 42.3 Å². The molecule has 3 nitrogen and oxygen atoms in total. The van der Waals surface area contributed by atoms with Gasteiger partial charge in [-0.1, -0.05) is 23.4 Å². The molecule has 1 aromatic carbocycles. The maximum Gasteiger partial charge on any atom is 0.133 e. The molecule has 0 fully saturated rings. The molecule has 2 rings (SSSR count). The van der Waals surface area contributed by atoms with Crippen molar-refractivity contribution in [3.63, 3.8) is 0 Å². The van der Waals surface area contributed by atoms with E-state index in [4.69, 9.17) is 0 Å². The summed E-state index contributed by atoms with van der Waals surface area (Å²) in [5.74, 6) is 0. The van der Waals surface area contributed by atoms with E-state index in [-0.39, 0.29) is 6.54 Å². The summed E-state index contributed by atoms with van der Waals surface area (Å²) >= 11 is 1.50. The van der Waals surface area contributed by atoms with Crippen molar-refractivity contribution in [1.29, 1.82) is 0 Å². The molecule has 0 aliphatic heterocycles. The zero-order valence-electron chi connectivity index (χ0n) is 9.93. The first-order chi connectivity index (χ1) is 8.20. The van der Waals surface area contributed by atoms with E-state index in [9.17, 15) is 4.91 Å². The third kappa shape index (κ3) is 2.77. The molecule has 1 aromatic heterocycles. The molecule has 0 amide bonds. The Morgan fingerprint density at radius 3 is 2.65 bits per heavy atom. The Morgan fingerprint density at radius 1 is 1.29 bits per heavy atom. The van der Waals surface area contributed by atoms with Gasteiger partial charge in [0, 0.05) is 11.8 Å². The lowest BCUT2D eigenvalue weighted by Gasteiger charge is -2.07. The highest BCUT2D eigenvalue weighted by atomic mass is 32.1. The molecule has 0 saturated heterocycles. The van der Waals surface area contributed by atoms with Gasteiger partial charge in [0.05, 0.1) is 5.69 Å². The molecule has 0 atom stereocenters. The van der Waals surface area contributed by atoms with Crippen LogP contribution in [0.1, 0.15) is 27.4 Å². The smallest absolute Gasteiger partial charge is 0.133 e. The van der Waals surface area contributed by atoms with Crippen molar-refractivity contribution < 1.29 is 0 Å². The van der Waals surface area contributed by atoms with Crippen LogP contribution in [-0.2, 0) is 13.0 Å². The maximum absolute atomic E-state index is 10.2. The predicted octanol–water partition coefficient (Wildman–Crippen LogP) is 3.62. The molecular weight excluding hydrogens is 232 g/mol. The number of rotatable bonds is 4. The SMILES string of the molecule is Cc1cccc(C)c1Cc1csc(CN=O)n1. The average molecular weight is 246 g/mol. The van der Waals surface area contributed by atoms with Crippen LogP contribution in [0.2, 0.25) is 0 Å². The van der Waals surface area contributed by atoms with Gasteiger partial charge in [-0.05, 0) is 30.5 Å². The Labute approximate surface area is 105 Å². The summed E-state index contributed by atoms with van der Waals surface area (Å²) < 4.78 is 0. The molecule has 0 aliphatic carbocycles. The number of thiazole rings is 1. The molecule has 0 aliphatic rings. The Bertz CT molecular complexity index is 514. The minimum Gasteiger partial charge on any atom is -0.244 e. The van der Waals surface area contributed by atoms with Crippen molar-refractivity contribution in [3.05, 3.63) is 55.9 Å². The van der Waals surface area contributed by atoms with Gasteiger partial charge in [0.15, 0.2) is 0 Å². The van der Waals surface area contributed by atoms with E-state index in [0.717, 1.165) is 17.1 Å². The largest absolute Gasteiger partial charge is 0.244 e. The lowest BCUT2D eigenvalue weighted by atomic mass is 9.99. The fourth-order valence-electron chi connectivity index (χ4n) is 1.87. The lowest BCUT2D eigenvalue weighted by molar-refractivity contribution is 0.980. The number of benzene rings is 1. The quantitative estimate of drug-likeness (QED) is 0.773. The van der Waals surface area contributed by atoms with Gasteiger partial charge in [0.2, 0.25) is 0 Å². The molecule has 0 spiro atoms. The minimum atomic E-state index is 0.178. The summed E-state index contributed by atoms with van der Waals surface area (Å²) in [7, 11) is 0. The second-order valence-corrected chi connectivity index (χ2v) is 5.01. The van der Waals surface area contributed by atoms with Crippen LogP contribution in [0.5, 0.6) is 0 Å². The number of aromatic nitrogens is 1. The van der Waals surface area contributed by atoms with E-state index >= 15 is 0 Å². The molecule has 0 unspecified atom stereocenters. The fraction of sp³-hybridized carbons (Fsp3) is 0.308. The van der Waals surface area contributed by atoms with Gasteiger partial charge in [0.25, 0.3) is 0 Å². The summed E-state index contributed by atoms with van der Waals surface area (Å²) in [4.78, 5) is 14.6. The van der Waals surface area contributed by atoms with Gasteiger partial charge in [-0.3, -0.25) is 0 Å². The van der Waals surface area contributed by atoms with Crippen LogP contribution < -0.4 is 0 Å². The standard InChI is InChI=1S/C13H14N2OS/c1-9-4-3-5-10(2)12(9)6-11-8-17-13(15-11)7-14-16/h3-5,8H,6-7H2,1-2H3. The van der Waals surface area contributed by atoms with Crippen LogP contribution >= 0.6 is 11.3 Å². The summed E-state index contributed by atoms with van der Waals surface area (Å²) in [6.07, 6.45) is 0.827. The zero-order valence-corrected chi connectivity index (χ0v) is 10.8. The summed E-state index contributed by atoms with van der Waals surface area (Å²) in [6, 6.07) is 6.29. The molecule has 0 bridgehead atoms. The fourth-order valence-corrected chi connectivity index (χ4v) is 2.57. The highest BCUT2D eigenvalue weighted by molar-refractivity contribution is 7.09. The number of nitrogens with zero attached hydrogens (tertiary/aromatic N) is 2. The number of hydrogen-bond acceptors (Lipinski definition) is 4. The lowest BCUT2D eigenvalue weighted by Crippen LogP contribution is -1.96. The normalized spacial score (nSPS) is 10.5. The molecule has 4 heteroatoms. The van der Waals surface area contributed by atoms with E-state index < -0.39 is 0 Å². The van der Waals surface area contributed by atoms with Gasteiger partial charge in [-0.25, -0.2) is 4.98 Å². The van der Waals surface area contributed by atoms with Gasteiger partial charge in [-0.15, -0.1) is 11.3 Å². The summed E-state index contributed by atoms with van der Waals surface area (Å²) in [5, 5.41) is 5.66. The van der Waals surface area contributed by atoms with Gasteiger partial charge in [-0.2, -0.15) is 4.91 Å². The first kappa shape index (κ1) is 11.9. The predicted molar refractivity (Wildman–Crippen MR) is 70.3 cm³/mol. The van der Waals surface area contributed by atoms with Gasteiger partial charge in [0.1, 0.15) is 11.6 Å². The first-order valence-electron chi connectivity index (χ1n) is 5.48. The van der Waals surface area contributed by atoms with E-state index in [1.165, 1.54) is 28.0 Å². The Hall–Kier alpha value is -1.55. The summed E-state index contributed by atoms with van der Waals surface area (Å²) in [5.41, 5.74) is 4.91. The van der Waals surface area contributed by atoms with Gasteiger partial charge < -0.3 is 0 Å². The molecule has 0 radical (unpaired) electrons. The van der Waals surface area contributed by atoms with E-state index in [0.29, 0.717) is 0 Å². The van der Waals surface area contributed by atoms with Crippen LogP contribution in [0.4, 0.5) is 0 Å². The van der Waals surface area contributed by atoms with E-state index in [1.807, 2.05) is 5.38 Å². The summed E-state index contributed by atoms with van der Waals surface area (Å²) in [6.45, 7) is 4.41. The second kappa shape index (κ2) is 5.19. The van der Waals surface area contributed by atoms with Crippen molar-refractivity contribution in [1.82, 2.24) is 4.98 Å². The van der Waals surface area contributed by atoms with Crippen LogP contribution in [0, 0.1) is 18.8 Å². The molecule has 0 saturated carbocycles. The molecule has 1 heterocycles. The van der Waals surface area contributed by atoms with Crippen LogP contribution in [0.15, 0.2) is 28.8 Å². The Balaban J connectivity index is 2.22. The van der Waals surface area contributed by atoms with E-state index in [1.54, 1.807) is 0 Å². The highest BCUT2D eigenvalue weighted by Crippen LogP contribution is 2.19. The van der Waals surface area contributed by atoms with Crippen molar-refractivity contribution in [2.24, 2.45) is 5.18 Å². The molecule has 88 valence electrons. The Kier molecular flexibility index (Phi) is 3.64. The third-order valence-corrected chi connectivity index (χ3v) is 3.68. The van der Waals surface area contributed by atoms with Crippen molar-refractivity contribution in [3.8, 4) is 0 Å². The number of nitroso groups, excluding NO2 is 1.